The fourth-order valence-electron chi connectivity index (χ4n) is 6.59. The number of pyridine rings is 2. The van der Waals surface area contributed by atoms with E-state index in [0.717, 1.165) is 34.9 Å². The monoisotopic (exact) mass is 546 g/mol. The highest BCUT2D eigenvalue weighted by molar-refractivity contribution is 5.93. The second-order valence-electron chi connectivity index (χ2n) is 11.0. The molecule has 1 saturated heterocycles. The maximum absolute atomic E-state index is 14.8. The van der Waals surface area contributed by atoms with Crippen molar-refractivity contribution in [1.82, 2.24) is 20.2 Å². The fourth-order valence-corrected chi connectivity index (χ4v) is 6.59. The molecule has 0 bridgehead atoms. The number of carbonyl (C=O) groups is 3. The number of hydrogen-bond donors (Lipinski definition) is 2. The number of esters is 1. The van der Waals surface area contributed by atoms with Gasteiger partial charge in [-0.3, -0.25) is 19.2 Å². The molecular formula is C30H31FN4O5. The summed E-state index contributed by atoms with van der Waals surface area (Å²) in [6.07, 6.45) is 4.23. The summed E-state index contributed by atoms with van der Waals surface area (Å²) in [7, 11) is 0. The van der Waals surface area contributed by atoms with E-state index in [1.165, 1.54) is 6.07 Å². The van der Waals surface area contributed by atoms with E-state index in [4.69, 9.17) is 9.72 Å². The third kappa shape index (κ3) is 4.00. The topological polar surface area (TPSA) is 119 Å². The van der Waals surface area contributed by atoms with Gasteiger partial charge in [-0.1, -0.05) is 6.92 Å². The summed E-state index contributed by atoms with van der Waals surface area (Å²) >= 11 is 0. The molecule has 2 aromatic heterocycles. The Morgan fingerprint density at radius 2 is 1.98 bits per heavy atom. The van der Waals surface area contributed by atoms with Crippen LogP contribution < -0.4 is 16.2 Å². The molecule has 1 fully saturated rings. The van der Waals surface area contributed by atoms with Crippen LogP contribution in [0.5, 0.6) is 0 Å². The lowest BCUT2D eigenvalue weighted by Gasteiger charge is -2.28. The fraction of sp³-hybridized carbons (Fsp3) is 0.433. The summed E-state index contributed by atoms with van der Waals surface area (Å²) in [5, 5.41) is 6.56. The van der Waals surface area contributed by atoms with E-state index >= 15 is 0 Å². The van der Waals surface area contributed by atoms with Crippen LogP contribution in [0.2, 0.25) is 0 Å². The van der Waals surface area contributed by atoms with Crippen LogP contribution in [-0.2, 0) is 38.7 Å². The first-order chi connectivity index (χ1) is 19.2. The van der Waals surface area contributed by atoms with Crippen molar-refractivity contribution in [2.45, 2.75) is 84.0 Å². The Morgan fingerprint density at radius 1 is 1.18 bits per heavy atom. The average Bonchev–Trinajstić information content (AvgIpc) is 3.50. The Hall–Kier alpha value is -4.08. The predicted molar refractivity (Wildman–Crippen MR) is 145 cm³/mol. The molecule has 4 aliphatic rings. The van der Waals surface area contributed by atoms with Crippen molar-refractivity contribution in [2.24, 2.45) is 0 Å². The number of halogens is 1. The van der Waals surface area contributed by atoms with E-state index < -0.39 is 5.92 Å². The van der Waals surface area contributed by atoms with Gasteiger partial charge in [-0.15, -0.1) is 0 Å². The molecule has 3 atom stereocenters. The van der Waals surface area contributed by atoms with Crippen molar-refractivity contribution in [1.29, 1.82) is 0 Å². The Bertz CT molecular complexity index is 1660. The summed E-state index contributed by atoms with van der Waals surface area (Å²) in [4.78, 5) is 52.3. The summed E-state index contributed by atoms with van der Waals surface area (Å²) < 4.78 is 21.7. The van der Waals surface area contributed by atoms with Gasteiger partial charge >= 0.3 is 5.97 Å². The maximum atomic E-state index is 14.8. The molecule has 3 aliphatic heterocycles. The zero-order valence-corrected chi connectivity index (χ0v) is 22.7. The van der Waals surface area contributed by atoms with E-state index in [2.05, 4.69) is 10.6 Å². The zero-order chi connectivity index (χ0) is 28.3. The summed E-state index contributed by atoms with van der Waals surface area (Å²) in [5.41, 5.74) is 6.03. The Kier molecular flexibility index (Phi) is 6.43. The molecule has 1 aliphatic carbocycles. The largest absolute Gasteiger partial charge is 0.460 e. The smallest absolute Gasteiger partial charge is 0.313 e. The van der Waals surface area contributed by atoms with Crippen LogP contribution in [0.4, 0.5) is 4.39 Å². The van der Waals surface area contributed by atoms with Gasteiger partial charge in [0.2, 0.25) is 12.3 Å². The van der Waals surface area contributed by atoms with Gasteiger partial charge in [-0.25, -0.2) is 9.37 Å². The quantitative estimate of drug-likeness (QED) is 0.300. The number of nitrogens with zero attached hydrogens (tertiary/aromatic N) is 2. The Labute approximate surface area is 230 Å². The number of aryl methyl sites for hydroxylation is 1. The number of nitrogens with one attached hydrogen (secondary N) is 2. The predicted octanol–water partition coefficient (Wildman–Crippen LogP) is 3.44. The molecule has 0 spiro atoms. The standard InChI is InChI=1S/C25H22FN3O4.C5H9NO/c1-3-12-14-6-20-23-15(8-29(20)24(31)16(14)9-33-25(12)32)22-18(27-10-30)5-4-13-11(2)17(26)7-19(28-23)21(13)22;1-4-2-3-5(7)6-4/h6-7,10,12,18H,3-5,8-9H2,1-2H3,(H,27,30);4H,2-3H2,1H3,(H,6,7). The minimum absolute atomic E-state index is 0.0355. The highest BCUT2D eigenvalue weighted by Crippen LogP contribution is 2.45. The van der Waals surface area contributed by atoms with E-state index in [0.29, 0.717) is 71.9 Å². The van der Waals surface area contributed by atoms with Crippen LogP contribution in [0.3, 0.4) is 0 Å². The van der Waals surface area contributed by atoms with Crippen molar-refractivity contribution >= 4 is 29.2 Å². The van der Waals surface area contributed by atoms with E-state index in [1.54, 1.807) is 11.5 Å². The van der Waals surface area contributed by atoms with Crippen molar-refractivity contribution in [3.05, 3.63) is 61.7 Å². The molecule has 1 aromatic carbocycles. The first kappa shape index (κ1) is 26.2. The van der Waals surface area contributed by atoms with Gasteiger partial charge in [0, 0.05) is 29.5 Å². The molecule has 0 radical (unpaired) electrons. The van der Waals surface area contributed by atoms with Crippen LogP contribution >= 0.6 is 0 Å². The Morgan fingerprint density at radius 3 is 2.62 bits per heavy atom. The molecule has 40 heavy (non-hydrogen) atoms. The van der Waals surface area contributed by atoms with Gasteiger partial charge in [-0.2, -0.15) is 0 Å². The molecular weight excluding hydrogens is 515 g/mol. The molecule has 0 saturated carbocycles. The zero-order valence-electron chi connectivity index (χ0n) is 22.7. The van der Waals surface area contributed by atoms with Crippen LogP contribution in [-0.4, -0.2) is 33.9 Å². The number of benzene rings is 1. The highest BCUT2D eigenvalue weighted by Gasteiger charge is 2.37. The first-order valence-corrected chi connectivity index (χ1v) is 13.8. The molecule has 9 nitrogen and oxygen atoms in total. The van der Waals surface area contributed by atoms with Crippen molar-refractivity contribution in [3.63, 3.8) is 0 Å². The van der Waals surface area contributed by atoms with Gasteiger partial charge in [0.25, 0.3) is 5.56 Å². The number of ether oxygens (including phenoxy) is 1. The van der Waals surface area contributed by atoms with Gasteiger partial charge in [0.1, 0.15) is 12.4 Å². The van der Waals surface area contributed by atoms with Gasteiger partial charge in [0.15, 0.2) is 0 Å². The van der Waals surface area contributed by atoms with E-state index in [9.17, 15) is 23.6 Å². The molecule has 5 heterocycles. The molecule has 10 heteroatoms. The summed E-state index contributed by atoms with van der Waals surface area (Å²) in [6, 6.07) is 3.49. The number of rotatable bonds is 3. The minimum Gasteiger partial charge on any atom is -0.460 e. The third-order valence-electron chi connectivity index (χ3n) is 8.68. The number of fused-ring (bicyclic) bond motifs is 5. The second kappa shape index (κ2) is 9.83. The molecule has 2 amide bonds. The average molecular weight is 547 g/mol. The normalized spacial score (nSPS) is 21.9. The van der Waals surface area contributed by atoms with Gasteiger partial charge in [-0.05, 0) is 67.9 Å². The lowest BCUT2D eigenvalue weighted by molar-refractivity contribution is -0.148. The lowest BCUT2D eigenvalue weighted by atomic mass is 9.82. The number of amides is 2. The SMILES string of the molecule is CC1CCC(=O)N1.CCC1C(=O)OCc2c1cc1n(c2=O)Cc2c-1nc1cc(F)c(C)c3c1c2C(NC=O)CC3. The number of hydrogen-bond acceptors (Lipinski definition) is 6. The molecule has 3 aromatic rings. The molecule has 2 N–H and O–H groups in total. The van der Waals surface area contributed by atoms with Gasteiger partial charge < -0.3 is 19.9 Å². The lowest BCUT2D eigenvalue weighted by Crippen LogP contribution is -2.32. The minimum atomic E-state index is -0.494. The van der Waals surface area contributed by atoms with Crippen LogP contribution in [0.15, 0.2) is 16.9 Å². The first-order valence-electron chi connectivity index (χ1n) is 13.8. The number of cyclic esters (lactones) is 1. The summed E-state index contributed by atoms with van der Waals surface area (Å²) in [5.74, 6) is -0.933. The molecule has 208 valence electrons. The third-order valence-corrected chi connectivity index (χ3v) is 8.68. The van der Waals surface area contributed by atoms with Crippen molar-refractivity contribution in [3.8, 4) is 11.4 Å². The van der Waals surface area contributed by atoms with Crippen molar-refractivity contribution < 1.29 is 23.5 Å². The van der Waals surface area contributed by atoms with Crippen LogP contribution in [0, 0.1) is 12.7 Å². The van der Waals surface area contributed by atoms with Gasteiger partial charge in [0.05, 0.1) is 41.0 Å². The molecule has 7 rings (SSSR count). The van der Waals surface area contributed by atoms with Crippen LogP contribution in [0.25, 0.3) is 22.3 Å². The maximum Gasteiger partial charge on any atom is 0.313 e. The van der Waals surface area contributed by atoms with Crippen LogP contribution in [0.1, 0.15) is 84.9 Å². The molecule has 3 unspecified atom stereocenters. The van der Waals surface area contributed by atoms with E-state index in [1.807, 2.05) is 19.9 Å². The second-order valence-corrected chi connectivity index (χ2v) is 11.0. The number of aromatic nitrogens is 2. The summed E-state index contributed by atoms with van der Waals surface area (Å²) in [6.45, 7) is 5.95. The van der Waals surface area contributed by atoms with E-state index in [-0.39, 0.29) is 35.9 Å². The van der Waals surface area contributed by atoms with Crippen molar-refractivity contribution in [2.75, 3.05) is 0 Å². The highest BCUT2D eigenvalue weighted by atomic mass is 19.1. The number of carbonyl (C=O) groups excluding carboxylic acids is 3. The Balaban J connectivity index is 0.000000363.